The van der Waals surface area contributed by atoms with Crippen LogP contribution in [0, 0.1) is 11.3 Å². The zero-order chi connectivity index (χ0) is 13.6. The summed E-state index contributed by atoms with van der Waals surface area (Å²) in [6.07, 6.45) is 3.44. The van der Waals surface area contributed by atoms with E-state index in [-0.39, 0.29) is 0 Å². The highest BCUT2D eigenvalue weighted by molar-refractivity contribution is 5.06. The first-order chi connectivity index (χ1) is 8.56. The smallest absolute Gasteiger partial charge is 0.105 e. The second-order valence-corrected chi connectivity index (χ2v) is 5.49. The number of hydrogen-bond acceptors (Lipinski definition) is 4. The lowest BCUT2D eigenvalue weighted by Gasteiger charge is -2.34. The van der Waals surface area contributed by atoms with Gasteiger partial charge in [0.2, 0.25) is 0 Å². The molecule has 4 heteroatoms. The lowest BCUT2D eigenvalue weighted by molar-refractivity contribution is 0.107. The fraction of sp³-hybridized carbons (Fsp3) is 0.929. The Morgan fingerprint density at radius 3 is 2.67 bits per heavy atom. The maximum Gasteiger partial charge on any atom is 0.105 e. The van der Waals surface area contributed by atoms with Crippen molar-refractivity contribution in [2.24, 2.45) is 0 Å². The maximum atomic E-state index is 9.32. The van der Waals surface area contributed by atoms with Gasteiger partial charge in [0.05, 0.1) is 12.7 Å². The molecular weight excluding hydrogens is 226 g/mol. The van der Waals surface area contributed by atoms with Crippen LogP contribution in [0.4, 0.5) is 0 Å². The third-order valence-corrected chi connectivity index (χ3v) is 3.65. The highest BCUT2D eigenvalue weighted by Gasteiger charge is 2.35. The van der Waals surface area contributed by atoms with E-state index in [2.05, 4.69) is 23.2 Å². The first-order valence-electron chi connectivity index (χ1n) is 6.97. The summed E-state index contributed by atoms with van der Waals surface area (Å²) < 4.78 is 5.18. The Morgan fingerprint density at radius 1 is 1.56 bits per heavy atom. The molecular formula is C14H27N3O. The number of nitriles is 1. The molecule has 2 atom stereocenters. The quantitative estimate of drug-likeness (QED) is 0.680. The Hall–Kier alpha value is -0.630. The molecule has 1 aliphatic rings. The van der Waals surface area contributed by atoms with Gasteiger partial charge in [0.1, 0.15) is 5.54 Å². The van der Waals surface area contributed by atoms with Crippen molar-refractivity contribution in [3.05, 3.63) is 0 Å². The van der Waals surface area contributed by atoms with E-state index in [0.29, 0.717) is 12.1 Å². The first-order valence-corrected chi connectivity index (χ1v) is 6.97. The van der Waals surface area contributed by atoms with Gasteiger partial charge in [-0.1, -0.05) is 6.92 Å². The molecule has 0 aliphatic heterocycles. The Kier molecular flexibility index (Phi) is 6.07. The van der Waals surface area contributed by atoms with Crippen molar-refractivity contribution in [3.63, 3.8) is 0 Å². The van der Waals surface area contributed by atoms with Crippen LogP contribution in [0.15, 0.2) is 0 Å². The molecule has 0 spiro atoms. The maximum absolute atomic E-state index is 9.32. The largest absolute Gasteiger partial charge is 0.383 e. The van der Waals surface area contributed by atoms with Gasteiger partial charge < -0.3 is 4.74 Å². The van der Waals surface area contributed by atoms with E-state index in [0.717, 1.165) is 26.1 Å². The minimum absolute atomic E-state index is 0.413. The molecule has 0 aromatic rings. The first kappa shape index (κ1) is 15.4. The van der Waals surface area contributed by atoms with Crippen LogP contribution >= 0.6 is 0 Å². The monoisotopic (exact) mass is 253 g/mol. The second kappa shape index (κ2) is 7.08. The Labute approximate surface area is 111 Å². The lowest BCUT2D eigenvalue weighted by atomic mass is 9.94. The number of nitrogens with one attached hydrogen (secondary N) is 1. The van der Waals surface area contributed by atoms with Gasteiger partial charge in [-0.15, -0.1) is 0 Å². The average Bonchev–Trinajstić information content (AvgIpc) is 3.14. The average molecular weight is 253 g/mol. The highest BCUT2D eigenvalue weighted by atomic mass is 16.5. The molecule has 1 aliphatic carbocycles. The molecule has 104 valence electrons. The van der Waals surface area contributed by atoms with Crippen LogP contribution in [0.2, 0.25) is 0 Å². The summed E-state index contributed by atoms with van der Waals surface area (Å²) in [6.45, 7) is 8.83. The van der Waals surface area contributed by atoms with Gasteiger partial charge in [-0.25, -0.2) is 0 Å². The molecule has 0 aromatic carbocycles. The van der Waals surface area contributed by atoms with Crippen molar-refractivity contribution in [2.75, 3.05) is 26.8 Å². The van der Waals surface area contributed by atoms with Crippen molar-refractivity contribution in [1.82, 2.24) is 10.2 Å². The summed E-state index contributed by atoms with van der Waals surface area (Å²) in [4.78, 5) is 2.50. The minimum atomic E-state index is -0.422. The summed E-state index contributed by atoms with van der Waals surface area (Å²) >= 11 is 0. The van der Waals surface area contributed by atoms with Crippen molar-refractivity contribution in [2.45, 2.75) is 57.7 Å². The molecule has 0 bridgehead atoms. The third kappa shape index (κ3) is 4.56. The molecule has 0 heterocycles. The molecule has 0 saturated heterocycles. The van der Waals surface area contributed by atoms with E-state index >= 15 is 0 Å². The normalized spacial score (nSPS) is 20.4. The molecule has 2 unspecified atom stereocenters. The number of ether oxygens (including phenoxy) is 1. The van der Waals surface area contributed by atoms with Gasteiger partial charge in [0.25, 0.3) is 0 Å². The van der Waals surface area contributed by atoms with Gasteiger partial charge in [-0.3, -0.25) is 10.2 Å². The minimum Gasteiger partial charge on any atom is -0.383 e. The number of nitrogens with zero attached hydrogens (tertiary/aromatic N) is 2. The Morgan fingerprint density at radius 2 is 2.22 bits per heavy atom. The SMILES string of the molecule is CCNC(C)(C#N)CC(C)N(CCOC)C1CC1. The summed E-state index contributed by atoms with van der Waals surface area (Å²) in [6, 6.07) is 3.53. The van der Waals surface area contributed by atoms with Crippen LogP contribution in [-0.4, -0.2) is 49.3 Å². The number of methoxy groups -OCH3 is 1. The molecule has 1 fully saturated rings. The zero-order valence-corrected chi connectivity index (χ0v) is 12.2. The number of rotatable bonds is 9. The van der Waals surface area contributed by atoms with E-state index in [4.69, 9.17) is 4.74 Å². The fourth-order valence-electron chi connectivity index (χ4n) is 2.62. The standard InChI is InChI=1S/C14H27N3O/c1-5-16-14(3,11-15)10-12(2)17(8-9-18-4)13-6-7-13/h12-13,16H,5-10H2,1-4H3. The molecule has 0 amide bonds. The fourth-order valence-corrected chi connectivity index (χ4v) is 2.62. The van der Waals surface area contributed by atoms with Crippen LogP contribution in [0.5, 0.6) is 0 Å². The van der Waals surface area contributed by atoms with Crippen molar-refractivity contribution < 1.29 is 4.74 Å². The van der Waals surface area contributed by atoms with Gasteiger partial charge in [-0.2, -0.15) is 5.26 Å². The molecule has 1 N–H and O–H groups in total. The van der Waals surface area contributed by atoms with Crippen molar-refractivity contribution in [1.29, 1.82) is 5.26 Å². The van der Waals surface area contributed by atoms with E-state index in [1.54, 1.807) is 7.11 Å². The molecule has 18 heavy (non-hydrogen) atoms. The van der Waals surface area contributed by atoms with Crippen LogP contribution in [-0.2, 0) is 4.74 Å². The summed E-state index contributed by atoms with van der Waals surface area (Å²) in [5.74, 6) is 0. The number of hydrogen-bond donors (Lipinski definition) is 1. The van der Waals surface area contributed by atoms with E-state index < -0.39 is 5.54 Å². The van der Waals surface area contributed by atoms with Gasteiger partial charge >= 0.3 is 0 Å². The van der Waals surface area contributed by atoms with Crippen LogP contribution in [0.1, 0.15) is 40.0 Å². The Balaban J connectivity index is 2.54. The summed E-state index contributed by atoms with van der Waals surface area (Å²) in [7, 11) is 1.74. The predicted octanol–water partition coefficient (Wildman–Crippen LogP) is 1.77. The molecule has 0 aromatic heterocycles. The van der Waals surface area contributed by atoms with Crippen molar-refractivity contribution >= 4 is 0 Å². The topological polar surface area (TPSA) is 48.3 Å². The van der Waals surface area contributed by atoms with E-state index in [9.17, 15) is 5.26 Å². The summed E-state index contributed by atoms with van der Waals surface area (Å²) in [5.41, 5.74) is -0.422. The van der Waals surface area contributed by atoms with Crippen molar-refractivity contribution in [3.8, 4) is 6.07 Å². The van der Waals surface area contributed by atoms with Gasteiger partial charge in [-0.05, 0) is 39.7 Å². The predicted molar refractivity (Wildman–Crippen MR) is 73.4 cm³/mol. The summed E-state index contributed by atoms with van der Waals surface area (Å²) in [5, 5.41) is 12.6. The molecule has 0 radical (unpaired) electrons. The van der Waals surface area contributed by atoms with E-state index in [1.807, 2.05) is 13.8 Å². The van der Waals surface area contributed by atoms with Gasteiger partial charge in [0.15, 0.2) is 0 Å². The molecule has 1 rings (SSSR count). The van der Waals surface area contributed by atoms with E-state index in [1.165, 1.54) is 12.8 Å². The molecule has 4 nitrogen and oxygen atoms in total. The molecule has 1 saturated carbocycles. The third-order valence-electron chi connectivity index (χ3n) is 3.65. The second-order valence-electron chi connectivity index (χ2n) is 5.49. The Bertz CT molecular complexity index is 285. The van der Waals surface area contributed by atoms with Crippen LogP contribution in [0.3, 0.4) is 0 Å². The van der Waals surface area contributed by atoms with Crippen LogP contribution in [0.25, 0.3) is 0 Å². The highest BCUT2D eigenvalue weighted by Crippen LogP contribution is 2.30. The van der Waals surface area contributed by atoms with Crippen LogP contribution < -0.4 is 5.32 Å². The van der Waals surface area contributed by atoms with Gasteiger partial charge in [0, 0.05) is 25.7 Å². The zero-order valence-electron chi connectivity index (χ0n) is 12.2. The lowest BCUT2D eigenvalue weighted by Crippen LogP contribution is -2.48.